The van der Waals surface area contributed by atoms with Crippen LogP contribution in [0.2, 0.25) is 5.02 Å². The van der Waals surface area contributed by atoms with E-state index in [0.29, 0.717) is 16.5 Å². The van der Waals surface area contributed by atoms with E-state index in [1.807, 2.05) is 6.07 Å². The van der Waals surface area contributed by atoms with Crippen LogP contribution in [-0.4, -0.2) is 29.9 Å². The number of halogens is 1. The molecule has 0 aliphatic heterocycles. The lowest BCUT2D eigenvalue weighted by molar-refractivity contribution is 0.741. The zero-order valence-electron chi connectivity index (χ0n) is 9.60. The molecule has 1 aromatic carbocycles. The molecule has 19 heavy (non-hydrogen) atoms. The summed E-state index contributed by atoms with van der Waals surface area (Å²) in [6, 6.07) is 5.33. The van der Waals surface area contributed by atoms with E-state index >= 15 is 0 Å². The molecular formula is C10H9ClN8. The van der Waals surface area contributed by atoms with Gasteiger partial charge in [0.25, 0.3) is 0 Å². The Morgan fingerprint density at radius 1 is 1.32 bits per heavy atom. The summed E-state index contributed by atoms with van der Waals surface area (Å²) in [5.74, 6) is 0.317. The third kappa shape index (κ3) is 2.33. The van der Waals surface area contributed by atoms with Crippen LogP contribution < -0.4 is 11.2 Å². The van der Waals surface area contributed by atoms with E-state index in [1.165, 1.54) is 11.1 Å². The number of hydrogen-bond acceptors (Lipinski definition) is 6. The van der Waals surface area contributed by atoms with Gasteiger partial charge >= 0.3 is 0 Å². The second-order valence-corrected chi connectivity index (χ2v) is 4.14. The van der Waals surface area contributed by atoms with Crippen molar-refractivity contribution < 1.29 is 0 Å². The van der Waals surface area contributed by atoms with Crippen LogP contribution in [0.25, 0.3) is 5.69 Å². The molecule has 9 heteroatoms. The minimum atomic E-state index is 0.317. The Bertz CT molecular complexity index is 689. The molecule has 0 saturated heterocycles. The number of benzene rings is 1. The highest BCUT2D eigenvalue weighted by atomic mass is 35.5. The Labute approximate surface area is 112 Å². The van der Waals surface area contributed by atoms with E-state index in [9.17, 15) is 0 Å². The minimum Gasteiger partial charge on any atom is -0.381 e. The fraction of sp³-hybridized carbons (Fsp3) is 0. The second kappa shape index (κ2) is 4.58. The van der Waals surface area contributed by atoms with Crippen LogP contribution in [0, 0.1) is 0 Å². The first-order chi connectivity index (χ1) is 9.22. The molecule has 0 fully saturated rings. The van der Waals surface area contributed by atoms with Gasteiger partial charge in [0.2, 0.25) is 0 Å². The van der Waals surface area contributed by atoms with Crippen LogP contribution in [0.1, 0.15) is 0 Å². The summed E-state index contributed by atoms with van der Waals surface area (Å²) in [5.41, 5.74) is 9.99. The molecule has 3 N–H and O–H groups in total. The maximum Gasteiger partial charge on any atom is 0.168 e. The summed E-state index contributed by atoms with van der Waals surface area (Å²) in [7, 11) is 0. The third-order valence-electron chi connectivity index (χ3n) is 2.37. The predicted molar refractivity (Wildman–Crippen MR) is 69.8 cm³/mol. The number of nitrogens with one attached hydrogen (secondary N) is 1. The molecule has 0 bridgehead atoms. The molecule has 0 radical (unpaired) electrons. The topological polar surface area (TPSA) is 99.5 Å². The van der Waals surface area contributed by atoms with Crippen molar-refractivity contribution in [3.63, 3.8) is 0 Å². The van der Waals surface area contributed by atoms with Gasteiger partial charge in [0, 0.05) is 5.02 Å². The molecule has 96 valence electrons. The largest absolute Gasteiger partial charge is 0.381 e. The van der Waals surface area contributed by atoms with Crippen LogP contribution in [0.15, 0.2) is 37.1 Å². The quantitative estimate of drug-likeness (QED) is 0.739. The Balaban J connectivity index is 2.01. The Morgan fingerprint density at radius 3 is 2.89 bits per heavy atom. The molecule has 0 unspecified atom stereocenters. The van der Waals surface area contributed by atoms with Crippen LogP contribution in [-0.2, 0) is 0 Å². The maximum atomic E-state index is 5.99. The van der Waals surface area contributed by atoms with Crippen molar-refractivity contribution in [2.24, 2.45) is 0 Å². The summed E-state index contributed by atoms with van der Waals surface area (Å²) in [6.45, 7) is 0. The summed E-state index contributed by atoms with van der Waals surface area (Å²) in [6.07, 6.45) is 4.59. The average molecular weight is 277 g/mol. The van der Waals surface area contributed by atoms with E-state index < -0.39 is 0 Å². The number of rotatable bonds is 3. The lowest BCUT2D eigenvalue weighted by Gasteiger charge is -2.11. The zero-order chi connectivity index (χ0) is 13.2. The maximum absolute atomic E-state index is 5.99. The lowest BCUT2D eigenvalue weighted by atomic mass is 10.3. The molecule has 0 spiro atoms. The molecule has 2 heterocycles. The first-order valence-corrected chi connectivity index (χ1v) is 5.69. The van der Waals surface area contributed by atoms with Crippen molar-refractivity contribution in [3.05, 3.63) is 42.1 Å². The van der Waals surface area contributed by atoms with Crippen LogP contribution in [0.4, 0.5) is 11.5 Å². The number of hydrogen-bond donors (Lipinski definition) is 2. The lowest BCUT2D eigenvalue weighted by Crippen LogP contribution is -2.12. The van der Waals surface area contributed by atoms with Gasteiger partial charge in [0.15, 0.2) is 5.82 Å². The number of nitrogens with two attached hydrogens (primary N) is 1. The summed E-state index contributed by atoms with van der Waals surface area (Å²) in [4.78, 5) is 5.30. The molecule has 0 atom stereocenters. The number of nitrogens with zero attached hydrogens (tertiary/aromatic N) is 6. The smallest absolute Gasteiger partial charge is 0.168 e. The van der Waals surface area contributed by atoms with Gasteiger partial charge in [0.1, 0.15) is 12.7 Å². The van der Waals surface area contributed by atoms with Crippen LogP contribution in [0.3, 0.4) is 0 Å². The highest BCUT2D eigenvalue weighted by molar-refractivity contribution is 6.31. The van der Waals surface area contributed by atoms with E-state index in [-0.39, 0.29) is 0 Å². The van der Waals surface area contributed by atoms with E-state index in [2.05, 4.69) is 25.8 Å². The Hall–Kier alpha value is -2.61. The number of aromatic nitrogens is 6. The van der Waals surface area contributed by atoms with Gasteiger partial charge in [-0.3, -0.25) is 5.43 Å². The third-order valence-corrected chi connectivity index (χ3v) is 2.61. The first kappa shape index (κ1) is 11.5. The second-order valence-electron chi connectivity index (χ2n) is 3.70. The molecule has 3 aromatic rings. The molecule has 0 aliphatic rings. The zero-order valence-corrected chi connectivity index (χ0v) is 10.4. The Kier molecular flexibility index (Phi) is 2.76. The van der Waals surface area contributed by atoms with Crippen molar-refractivity contribution >= 4 is 23.1 Å². The SMILES string of the molecule is Nc1cn(Nc2cc(Cl)ccc2-n2cncn2)nn1. The van der Waals surface area contributed by atoms with Crippen LogP contribution >= 0.6 is 11.6 Å². The molecule has 0 aliphatic carbocycles. The number of nitrogen functional groups attached to an aromatic ring is 1. The van der Waals surface area contributed by atoms with Crippen molar-refractivity contribution in [1.29, 1.82) is 0 Å². The fourth-order valence-corrected chi connectivity index (χ4v) is 1.76. The molecule has 0 amide bonds. The van der Waals surface area contributed by atoms with Gasteiger partial charge in [-0.2, -0.15) is 9.89 Å². The van der Waals surface area contributed by atoms with E-state index in [0.717, 1.165) is 5.69 Å². The summed E-state index contributed by atoms with van der Waals surface area (Å²) >= 11 is 5.99. The van der Waals surface area contributed by atoms with Gasteiger partial charge < -0.3 is 5.73 Å². The molecule has 8 nitrogen and oxygen atoms in total. The van der Waals surface area contributed by atoms with Gasteiger partial charge in [-0.1, -0.05) is 11.6 Å². The molecular weight excluding hydrogens is 268 g/mol. The monoisotopic (exact) mass is 276 g/mol. The summed E-state index contributed by atoms with van der Waals surface area (Å²) in [5, 5.41) is 12.2. The van der Waals surface area contributed by atoms with Gasteiger partial charge in [-0.05, 0) is 23.4 Å². The van der Waals surface area contributed by atoms with Gasteiger partial charge in [-0.25, -0.2) is 9.67 Å². The summed E-state index contributed by atoms with van der Waals surface area (Å²) < 4.78 is 1.61. The predicted octanol–water partition coefficient (Wildman–Crippen LogP) is 0.970. The van der Waals surface area contributed by atoms with Crippen molar-refractivity contribution in [2.75, 3.05) is 11.2 Å². The number of anilines is 2. The first-order valence-electron chi connectivity index (χ1n) is 5.32. The highest BCUT2D eigenvalue weighted by Gasteiger charge is 2.07. The highest BCUT2D eigenvalue weighted by Crippen LogP contribution is 2.23. The van der Waals surface area contributed by atoms with Crippen LogP contribution in [0.5, 0.6) is 0 Å². The molecule has 0 saturated carbocycles. The fourth-order valence-electron chi connectivity index (χ4n) is 1.59. The molecule has 3 rings (SSSR count). The van der Waals surface area contributed by atoms with Gasteiger partial charge in [-0.15, -0.1) is 5.10 Å². The van der Waals surface area contributed by atoms with Gasteiger partial charge in [0.05, 0.1) is 17.6 Å². The Morgan fingerprint density at radius 2 is 2.21 bits per heavy atom. The average Bonchev–Trinajstić information content (AvgIpc) is 3.01. The van der Waals surface area contributed by atoms with E-state index in [1.54, 1.807) is 29.3 Å². The van der Waals surface area contributed by atoms with E-state index in [4.69, 9.17) is 17.3 Å². The van der Waals surface area contributed by atoms with Crippen molar-refractivity contribution in [2.45, 2.75) is 0 Å². The minimum absolute atomic E-state index is 0.317. The standard InChI is InChI=1S/C10H9ClN8/c11-7-1-2-9(18-6-13-5-14-18)8(3-7)16-19-4-10(12)15-17-19/h1-6,16H,12H2. The normalized spacial score (nSPS) is 10.6. The van der Waals surface area contributed by atoms with Crippen molar-refractivity contribution in [3.8, 4) is 5.69 Å². The van der Waals surface area contributed by atoms with Crippen molar-refractivity contribution in [1.82, 2.24) is 29.9 Å². The molecule has 2 aromatic heterocycles.